The zero-order valence-electron chi connectivity index (χ0n) is 16.4. The average molecular weight is 448 g/mol. The number of thiocarbonyl (C=S) groups is 1. The Morgan fingerprint density at radius 2 is 1.80 bits per heavy atom. The van der Waals surface area contributed by atoms with Crippen molar-refractivity contribution in [2.45, 2.75) is 6.92 Å². The summed E-state index contributed by atoms with van der Waals surface area (Å²) in [5.41, 5.74) is 2.28. The van der Waals surface area contributed by atoms with Crippen molar-refractivity contribution in [3.63, 3.8) is 0 Å². The Kier molecular flexibility index (Phi) is 7.62. The maximum atomic E-state index is 12.4. The SMILES string of the molecule is CCOC(=O)c1ccc(N2CCOCC2)c(NC(=S)NC(=O)c2ccc(Cl)cc2)c1. The van der Waals surface area contributed by atoms with Crippen molar-refractivity contribution < 1.29 is 19.1 Å². The third-order valence-corrected chi connectivity index (χ3v) is 4.90. The standard InChI is InChI=1S/C21H22ClN3O4S/c1-2-29-20(27)15-5-8-18(25-9-11-28-12-10-25)17(13-15)23-21(30)24-19(26)14-3-6-16(22)7-4-14/h3-8,13H,2,9-12H2,1H3,(H2,23,24,26,30). The molecule has 7 nitrogen and oxygen atoms in total. The summed E-state index contributed by atoms with van der Waals surface area (Å²) in [5, 5.41) is 6.34. The lowest BCUT2D eigenvalue weighted by Gasteiger charge is -2.31. The molecule has 1 heterocycles. The molecule has 1 amide bonds. The number of ether oxygens (including phenoxy) is 2. The summed E-state index contributed by atoms with van der Waals surface area (Å²) in [6.45, 7) is 4.66. The first-order valence-electron chi connectivity index (χ1n) is 9.49. The largest absolute Gasteiger partial charge is 0.462 e. The fourth-order valence-corrected chi connectivity index (χ4v) is 3.32. The second kappa shape index (κ2) is 10.4. The maximum absolute atomic E-state index is 12.4. The van der Waals surface area contributed by atoms with Crippen LogP contribution in [0.15, 0.2) is 42.5 Å². The topological polar surface area (TPSA) is 79.9 Å². The van der Waals surface area contributed by atoms with Gasteiger partial charge in [-0.15, -0.1) is 0 Å². The fraction of sp³-hybridized carbons (Fsp3) is 0.286. The van der Waals surface area contributed by atoms with Gasteiger partial charge in [-0.05, 0) is 61.6 Å². The van der Waals surface area contributed by atoms with E-state index in [9.17, 15) is 9.59 Å². The molecule has 0 aliphatic carbocycles. The molecule has 1 aliphatic heterocycles. The predicted molar refractivity (Wildman–Crippen MR) is 121 cm³/mol. The van der Waals surface area contributed by atoms with E-state index in [1.165, 1.54) is 0 Å². The van der Waals surface area contributed by atoms with E-state index in [-0.39, 0.29) is 17.6 Å². The molecule has 0 saturated carbocycles. The molecule has 3 rings (SSSR count). The van der Waals surface area contributed by atoms with Gasteiger partial charge in [-0.1, -0.05) is 11.6 Å². The van der Waals surface area contributed by atoms with Crippen LogP contribution in [-0.2, 0) is 9.47 Å². The lowest BCUT2D eigenvalue weighted by Crippen LogP contribution is -2.38. The molecule has 30 heavy (non-hydrogen) atoms. The van der Waals surface area contributed by atoms with Crippen LogP contribution < -0.4 is 15.5 Å². The van der Waals surface area contributed by atoms with Gasteiger partial charge in [-0.3, -0.25) is 10.1 Å². The lowest BCUT2D eigenvalue weighted by molar-refractivity contribution is 0.0526. The number of carbonyl (C=O) groups excluding carboxylic acids is 2. The first-order valence-corrected chi connectivity index (χ1v) is 10.3. The molecule has 0 radical (unpaired) electrons. The molecule has 2 N–H and O–H groups in total. The van der Waals surface area contributed by atoms with Gasteiger partial charge in [0.05, 0.1) is 36.8 Å². The molecule has 2 aromatic carbocycles. The molecule has 2 aromatic rings. The minimum Gasteiger partial charge on any atom is -0.462 e. The summed E-state index contributed by atoms with van der Waals surface area (Å²) >= 11 is 11.2. The van der Waals surface area contributed by atoms with Crippen LogP contribution >= 0.6 is 23.8 Å². The molecule has 0 spiro atoms. The molecule has 0 aromatic heterocycles. The van der Waals surface area contributed by atoms with Gasteiger partial charge >= 0.3 is 5.97 Å². The third kappa shape index (κ3) is 5.69. The number of esters is 1. The number of carbonyl (C=O) groups is 2. The van der Waals surface area contributed by atoms with E-state index >= 15 is 0 Å². The van der Waals surface area contributed by atoms with Crippen LogP contribution in [0.4, 0.5) is 11.4 Å². The number of rotatable bonds is 5. The van der Waals surface area contributed by atoms with Crippen LogP contribution in [0.2, 0.25) is 5.02 Å². The Labute approximate surface area is 185 Å². The predicted octanol–water partition coefficient (Wildman–Crippen LogP) is 3.48. The Balaban J connectivity index is 1.79. The molecule has 0 atom stereocenters. The molecule has 0 bridgehead atoms. The van der Waals surface area contributed by atoms with Gasteiger partial charge in [-0.25, -0.2) is 4.79 Å². The van der Waals surface area contributed by atoms with E-state index in [0.717, 1.165) is 5.69 Å². The number of morpholine rings is 1. The highest BCUT2D eigenvalue weighted by atomic mass is 35.5. The summed E-state index contributed by atoms with van der Waals surface area (Å²) < 4.78 is 10.5. The number of nitrogens with zero attached hydrogens (tertiary/aromatic N) is 1. The van der Waals surface area contributed by atoms with Gasteiger partial charge in [0.1, 0.15) is 0 Å². The number of benzene rings is 2. The highest BCUT2D eigenvalue weighted by molar-refractivity contribution is 7.80. The monoisotopic (exact) mass is 447 g/mol. The van der Waals surface area contributed by atoms with Gasteiger partial charge in [-0.2, -0.15) is 0 Å². The van der Waals surface area contributed by atoms with Crippen LogP contribution in [0.25, 0.3) is 0 Å². The summed E-state index contributed by atoms with van der Waals surface area (Å²) in [4.78, 5) is 26.7. The fourth-order valence-electron chi connectivity index (χ4n) is 2.99. The van der Waals surface area contributed by atoms with E-state index < -0.39 is 5.97 Å². The van der Waals surface area contributed by atoms with Gasteiger partial charge in [0.25, 0.3) is 5.91 Å². The highest BCUT2D eigenvalue weighted by Crippen LogP contribution is 2.28. The second-order valence-electron chi connectivity index (χ2n) is 6.47. The van der Waals surface area contributed by atoms with Crippen LogP contribution in [0.3, 0.4) is 0 Å². The normalized spacial score (nSPS) is 13.5. The van der Waals surface area contributed by atoms with Crippen molar-refractivity contribution >= 4 is 52.2 Å². The van der Waals surface area contributed by atoms with E-state index in [4.69, 9.17) is 33.3 Å². The molecule has 1 fully saturated rings. The Bertz CT molecular complexity index is 930. The molecular weight excluding hydrogens is 426 g/mol. The maximum Gasteiger partial charge on any atom is 0.338 e. The Hall–Kier alpha value is -2.68. The quantitative estimate of drug-likeness (QED) is 0.536. The van der Waals surface area contributed by atoms with Crippen LogP contribution in [0, 0.1) is 0 Å². The zero-order valence-corrected chi connectivity index (χ0v) is 18.0. The van der Waals surface area contributed by atoms with Crippen molar-refractivity contribution in [3.8, 4) is 0 Å². The number of hydrogen-bond acceptors (Lipinski definition) is 6. The van der Waals surface area contributed by atoms with E-state index in [2.05, 4.69) is 15.5 Å². The van der Waals surface area contributed by atoms with Crippen LogP contribution in [-0.4, -0.2) is 49.9 Å². The summed E-state index contributed by atoms with van der Waals surface area (Å²) in [6, 6.07) is 11.7. The minimum atomic E-state index is -0.426. The van der Waals surface area contributed by atoms with Crippen molar-refractivity contribution in [1.29, 1.82) is 0 Å². The van der Waals surface area contributed by atoms with Gasteiger partial charge in [0.2, 0.25) is 0 Å². The molecule has 0 unspecified atom stereocenters. The lowest BCUT2D eigenvalue weighted by atomic mass is 10.1. The Morgan fingerprint density at radius 1 is 1.13 bits per heavy atom. The summed E-state index contributed by atoms with van der Waals surface area (Å²) in [7, 11) is 0. The second-order valence-corrected chi connectivity index (χ2v) is 7.31. The molecule has 158 valence electrons. The smallest absolute Gasteiger partial charge is 0.338 e. The third-order valence-electron chi connectivity index (χ3n) is 4.44. The summed E-state index contributed by atoms with van der Waals surface area (Å²) in [6.07, 6.45) is 0. The number of amides is 1. The number of hydrogen-bond donors (Lipinski definition) is 2. The molecule has 1 saturated heterocycles. The molecular formula is C21H22ClN3O4S. The number of halogens is 1. The van der Waals surface area contributed by atoms with Gasteiger partial charge in [0, 0.05) is 23.7 Å². The zero-order chi connectivity index (χ0) is 21.5. The first-order chi connectivity index (χ1) is 14.5. The number of nitrogens with one attached hydrogen (secondary N) is 2. The van der Waals surface area contributed by atoms with Crippen LogP contribution in [0.1, 0.15) is 27.6 Å². The first kappa shape index (κ1) is 22.0. The van der Waals surface area contributed by atoms with Gasteiger partial charge in [0.15, 0.2) is 5.11 Å². The Morgan fingerprint density at radius 3 is 2.47 bits per heavy atom. The van der Waals surface area contributed by atoms with Crippen molar-refractivity contribution in [1.82, 2.24) is 5.32 Å². The van der Waals surface area contributed by atoms with Gasteiger partial charge < -0.3 is 19.7 Å². The van der Waals surface area contributed by atoms with Crippen molar-refractivity contribution in [3.05, 3.63) is 58.6 Å². The van der Waals surface area contributed by atoms with E-state index in [1.807, 2.05) is 6.07 Å². The molecule has 1 aliphatic rings. The highest BCUT2D eigenvalue weighted by Gasteiger charge is 2.19. The minimum absolute atomic E-state index is 0.116. The van der Waals surface area contributed by atoms with E-state index in [1.54, 1.807) is 43.3 Å². The van der Waals surface area contributed by atoms with Crippen molar-refractivity contribution in [2.75, 3.05) is 43.1 Å². The van der Waals surface area contributed by atoms with Crippen molar-refractivity contribution in [2.24, 2.45) is 0 Å². The summed E-state index contributed by atoms with van der Waals surface area (Å²) in [5.74, 6) is -0.788. The molecule has 9 heteroatoms. The van der Waals surface area contributed by atoms with Crippen LogP contribution in [0.5, 0.6) is 0 Å². The average Bonchev–Trinajstić information content (AvgIpc) is 2.75. The number of anilines is 2. The van der Waals surface area contributed by atoms with E-state index in [0.29, 0.717) is 48.1 Å².